The summed E-state index contributed by atoms with van der Waals surface area (Å²) in [4.78, 5) is 0.201. The highest BCUT2D eigenvalue weighted by Crippen LogP contribution is 2.30. The van der Waals surface area contributed by atoms with Gasteiger partial charge in [-0.2, -0.15) is 0 Å². The number of hydrogen-bond donors (Lipinski definition) is 2. The topological polar surface area (TPSA) is 67.4 Å². The van der Waals surface area contributed by atoms with Gasteiger partial charge in [-0.3, -0.25) is 0 Å². The SMILES string of the molecule is O=S1(=O)NCCNc2ccc(Oc3c[c]ccc3)cc21. The van der Waals surface area contributed by atoms with Crippen molar-refractivity contribution in [1.82, 2.24) is 4.72 Å². The van der Waals surface area contributed by atoms with Gasteiger partial charge in [-0.1, -0.05) is 12.1 Å². The molecule has 1 aliphatic heterocycles. The molecule has 6 heteroatoms. The largest absolute Gasteiger partial charge is 0.457 e. The number of benzene rings is 2. The van der Waals surface area contributed by atoms with E-state index in [1.807, 2.05) is 0 Å². The number of rotatable bonds is 2. The third-order valence-corrected chi connectivity index (χ3v) is 4.39. The molecule has 5 nitrogen and oxygen atoms in total. The fourth-order valence-corrected chi connectivity index (χ4v) is 3.20. The van der Waals surface area contributed by atoms with E-state index in [4.69, 9.17) is 4.74 Å². The minimum atomic E-state index is -3.49. The van der Waals surface area contributed by atoms with E-state index in [1.165, 1.54) is 6.07 Å². The van der Waals surface area contributed by atoms with Crippen LogP contribution in [0.15, 0.2) is 47.4 Å². The van der Waals surface area contributed by atoms with Gasteiger partial charge in [0.05, 0.1) is 5.69 Å². The van der Waals surface area contributed by atoms with Crippen LogP contribution in [0, 0.1) is 6.07 Å². The van der Waals surface area contributed by atoms with Crippen molar-refractivity contribution < 1.29 is 13.2 Å². The van der Waals surface area contributed by atoms with E-state index in [0.29, 0.717) is 30.3 Å². The summed E-state index contributed by atoms with van der Waals surface area (Å²) in [5.41, 5.74) is 0.585. The van der Waals surface area contributed by atoms with Gasteiger partial charge < -0.3 is 10.1 Å². The second-order valence-corrected chi connectivity index (χ2v) is 6.06. The lowest BCUT2D eigenvalue weighted by Gasteiger charge is -2.10. The zero-order chi connectivity index (χ0) is 14.0. The monoisotopic (exact) mass is 289 g/mol. The molecule has 0 saturated heterocycles. The molecular formula is C14H13N2O3S. The highest BCUT2D eigenvalue weighted by Gasteiger charge is 2.21. The Balaban J connectivity index is 1.98. The minimum Gasteiger partial charge on any atom is -0.457 e. The summed E-state index contributed by atoms with van der Waals surface area (Å²) in [6, 6.07) is 14.9. The number of sulfonamides is 1. The molecule has 2 N–H and O–H groups in total. The molecule has 0 fully saturated rings. The number of nitrogens with one attached hydrogen (secondary N) is 2. The van der Waals surface area contributed by atoms with Gasteiger partial charge in [0, 0.05) is 19.2 Å². The van der Waals surface area contributed by atoms with Gasteiger partial charge in [0.2, 0.25) is 10.0 Å². The van der Waals surface area contributed by atoms with Gasteiger partial charge in [0.25, 0.3) is 0 Å². The van der Waals surface area contributed by atoms with E-state index in [9.17, 15) is 8.42 Å². The Kier molecular flexibility index (Phi) is 3.33. The minimum absolute atomic E-state index is 0.201. The molecule has 20 heavy (non-hydrogen) atoms. The van der Waals surface area contributed by atoms with E-state index in [1.54, 1.807) is 36.4 Å². The first kappa shape index (κ1) is 13.0. The maximum Gasteiger partial charge on any atom is 0.242 e. The van der Waals surface area contributed by atoms with Gasteiger partial charge in [0.1, 0.15) is 16.4 Å². The fraction of sp³-hybridized carbons (Fsp3) is 0.143. The third-order valence-electron chi connectivity index (χ3n) is 2.89. The summed E-state index contributed by atoms with van der Waals surface area (Å²) in [5.74, 6) is 1.08. The van der Waals surface area contributed by atoms with Gasteiger partial charge >= 0.3 is 0 Å². The molecule has 1 heterocycles. The molecule has 0 saturated carbocycles. The van der Waals surface area contributed by atoms with Crippen LogP contribution < -0.4 is 14.8 Å². The number of anilines is 1. The Morgan fingerprint density at radius 3 is 2.85 bits per heavy atom. The zero-order valence-corrected chi connectivity index (χ0v) is 11.4. The van der Waals surface area contributed by atoms with Crippen LogP contribution in [0.4, 0.5) is 5.69 Å². The fourth-order valence-electron chi connectivity index (χ4n) is 1.97. The van der Waals surface area contributed by atoms with Crippen molar-refractivity contribution in [2.75, 3.05) is 18.4 Å². The molecule has 0 amide bonds. The Bertz CT molecular complexity index is 714. The zero-order valence-electron chi connectivity index (χ0n) is 10.6. The maximum absolute atomic E-state index is 12.1. The van der Waals surface area contributed by atoms with Crippen LogP contribution in [0.3, 0.4) is 0 Å². The van der Waals surface area contributed by atoms with Crippen LogP contribution in [-0.4, -0.2) is 21.5 Å². The average Bonchev–Trinajstić information content (AvgIpc) is 2.59. The van der Waals surface area contributed by atoms with Crippen LogP contribution in [-0.2, 0) is 10.0 Å². The molecule has 3 rings (SSSR count). The molecule has 0 spiro atoms. The molecule has 0 unspecified atom stereocenters. The lowest BCUT2D eigenvalue weighted by atomic mass is 10.3. The Morgan fingerprint density at radius 1 is 1.15 bits per heavy atom. The smallest absolute Gasteiger partial charge is 0.242 e. The normalized spacial score (nSPS) is 16.6. The highest BCUT2D eigenvalue weighted by molar-refractivity contribution is 7.89. The summed E-state index contributed by atoms with van der Waals surface area (Å²) in [5, 5.41) is 3.07. The molecule has 0 atom stereocenters. The van der Waals surface area contributed by atoms with E-state index in [0.717, 1.165) is 0 Å². The Labute approximate surface area is 117 Å². The molecular weight excluding hydrogens is 276 g/mol. The standard InChI is InChI=1S/C14H13N2O3S/c17-20(18)14-10-12(19-11-4-2-1-3-5-11)6-7-13(14)15-8-9-16-20/h1-2,4-7,10,15-16H,8-9H2. The number of ether oxygens (including phenoxy) is 1. The quantitative estimate of drug-likeness (QED) is 0.887. The summed E-state index contributed by atoms with van der Waals surface area (Å²) < 4.78 is 32.3. The van der Waals surface area contributed by atoms with Gasteiger partial charge in [0.15, 0.2) is 0 Å². The van der Waals surface area contributed by atoms with Gasteiger partial charge in [-0.15, -0.1) is 0 Å². The summed E-state index contributed by atoms with van der Waals surface area (Å²) in [6.45, 7) is 0.918. The lowest BCUT2D eigenvalue weighted by molar-refractivity contribution is 0.480. The predicted molar refractivity (Wildman–Crippen MR) is 75.5 cm³/mol. The van der Waals surface area contributed by atoms with E-state index >= 15 is 0 Å². The molecule has 2 aromatic rings. The second-order valence-electron chi connectivity index (χ2n) is 4.32. The molecule has 1 aliphatic rings. The first-order valence-corrected chi connectivity index (χ1v) is 7.65. The van der Waals surface area contributed by atoms with Crippen molar-refractivity contribution in [3.05, 3.63) is 48.5 Å². The first-order valence-electron chi connectivity index (χ1n) is 6.17. The van der Waals surface area contributed by atoms with Crippen molar-refractivity contribution in [3.8, 4) is 11.5 Å². The molecule has 0 aliphatic carbocycles. The van der Waals surface area contributed by atoms with Crippen LogP contribution in [0.2, 0.25) is 0 Å². The molecule has 0 aromatic heterocycles. The third kappa shape index (κ3) is 2.61. The van der Waals surface area contributed by atoms with Crippen LogP contribution in [0.25, 0.3) is 0 Å². The Morgan fingerprint density at radius 2 is 2.05 bits per heavy atom. The van der Waals surface area contributed by atoms with E-state index < -0.39 is 10.0 Å². The average molecular weight is 289 g/mol. The summed E-state index contributed by atoms with van der Waals surface area (Å²) in [6.07, 6.45) is 0. The molecule has 2 aromatic carbocycles. The van der Waals surface area contributed by atoms with Gasteiger partial charge in [-0.05, 0) is 30.3 Å². The highest BCUT2D eigenvalue weighted by atomic mass is 32.2. The second kappa shape index (κ2) is 5.15. The first-order chi connectivity index (χ1) is 9.65. The summed E-state index contributed by atoms with van der Waals surface area (Å²) in [7, 11) is -3.49. The van der Waals surface area contributed by atoms with E-state index in [2.05, 4.69) is 16.1 Å². The van der Waals surface area contributed by atoms with Gasteiger partial charge in [-0.25, -0.2) is 13.1 Å². The molecule has 1 radical (unpaired) electrons. The van der Waals surface area contributed by atoms with Crippen molar-refractivity contribution in [3.63, 3.8) is 0 Å². The van der Waals surface area contributed by atoms with Crippen molar-refractivity contribution in [2.45, 2.75) is 4.90 Å². The summed E-state index contributed by atoms with van der Waals surface area (Å²) >= 11 is 0. The van der Waals surface area contributed by atoms with Crippen LogP contribution >= 0.6 is 0 Å². The molecule has 0 bridgehead atoms. The van der Waals surface area contributed by atoms with Crippen molar-refractivity contribution >= 4 is 15.7 Å². The van der Waals surface area contributed by atoms with Crippen molar-refractivity contribution in [2.24, 2.45) is 0 Å². The number of fused-ring (bicyclic) bond motifs is 1. The molecule has 103 valence electrons. The Hall–Kier alpha value is -2.05. The van der Waals surface area contributed by atoms with Crippen LogP contribution in [0.5, 0.6) is 11.5 Å². The lowest BCUT2D eigenvalue weighted by Crippen LogP contribution is -2.25. The maximum atomic E-state index is 12.1. The number of hydrogen-bond acceptors (Lipinski definition) is 4. The predicted octanol–water partition coefficient (Wildman–Crippen LogP) is 1.98. The van der Waals surface area contributed by atoms with E-state index in [-0.39, 0.29) is 4.90 Å². The van der Waals surface area contributed by atoms with Crippen molar-refractivity contribution in [1.29, 1.82) is 0 Å². The van der Waals surface area contributed by atoms with Crippen LogP contribution in [0.1, 0.15) is 0 Å².